The summed E-state index contributed by atoms with van der Waals surface area (Å²) in [6.45, 7) is 10.6. The minimum absolute atomic E-state index is 0.0467. The second-order valence-electron chi connectivity index (χ2n) is 9.64. The number of carbonyl (C=O) groups excluding carboxylic acids is 1. The highest BCUT2D eigenvalue weighted by molar-refractivity contribution is 5.86. The van der Waals surface area contributed by atoms with E-state index in [4.69, 9.17) is 0 Å². The minimum atomic E-state index is 0.0467. The molecule has 0 aliphatic carbocycles. The zero-order chi connectivity index (χ0) is 23.2. The highest BCUT2D eigenvalue weighted by Gasteiger charge is 2.23. The number of hydrogen-bond donors (Lipinski definition) is 1. The van der Waals surface area contributed by atoms with E-state index < -0.39 is 0 Å². The molecule has 0 bridgehead atoms. The first-order valence-corrected chi connectivity index (χ1v) is 12.7. The molecule has 4 nitrogen and oxygen atoms in total. The van der Waals surface area contributed by atoms with Crippen LogP contribution >= 0.6 is 0 Å². The lowest BCUT2D eigenvalue weighted by molar-refractivity contribution is -0.121. The molecule has 2 unspecified atom stereocenters. The summed E-state index contributed by atoms with van der Waals surface area (Å²) in [5.41, 5.74) is 4.93. The number of aryl methyl sites for hydroxylation is 2. The number of para-hydroxylation sites is 1. The lowest BCUT2D eigenvalue weighted by atomic mass is 9.87. The SMILES string of the molecule is CCn1cc(C(CC(=O)NCCCN2CCCCC2C)c2ccc(C)cc2)c2ccccc21. The van der Waals surface area contributed by atoms with E-state index in [2.05, 4.69) is 90.3 Å². The number of piperidine rings is 1. The Balaban J connectivity index is 1.47. The summed E-state index contributed by atoms with van der Waals surface area (Å²) in [5, 5.41) is 4.46. The van der Waals surface area contributed by atoms with Gasteiger partial charge in [-0.1, -0.05) is 54.4 Å². The molecule has 1 saturated heterocycles. The third kappa shape index (κ3) is 5.67. The number of fused-ring (bicyclic) bond motifs is 1. The van der Waals surface area contributed by atoms with Gasteiger partial charge in [-0.15, -0.1) is 0 Å². The van der Waals surface area contributed by atoms with Crippen LogP contribution in [0.2, 0.25) is 0 Å². The fraction of sp³-hybridized carbons (Fsp3) is 0.483. The van der Waals surface area contributed by atoms with Crippen LogP contribution in [0.1, 0.15) is 68.6 Å². The molecule has 176 valence electrons. The maximum atomic E-state index is 13.1. The van der Waals surface area contributed by atoms with Crippen molar-refractivity contribution in [3.05, 3.63) is 71.4 Å². The molecule has 4 rings (SSSR count). The molecule has 1 amide bonds. The topological polar surface area (TPSA) is 37.3 Å². The third-order valence-corrected chi connectivity index (χ3v) is 7.29. The summed E-state index contributed by atoms with van der Waals surface area (Å²) in [6.07, 6.45) is 7.70. The van der Waals surface area contributed by atoms with Crippen molar-refractivity contribution >= 4 is 16.8 Å². The van der Waals surface area contributed by atoms with Gasteiger partial charge in [-0.05, 0) is 63.8 Å². The standard InChI is InChI=1S/C29H39N3O/c1-4-31-21-27(25-11-5-6-12-28(25)31)26(24-15-13-22(2)14-16-24)20-29(33)30-17-9-19-32-18-8-7-10-23(32)3/h5-6,11-16,21,23,26H,4,7-10,17-20H2,1-3H3,(H,30,33). The van der Waals surface area contributed by atoms with E-state index in [0.717, 1.165) is 26.1 Å². The van der Waals surface area contributed by atoms with Crippen LogP contribution in [0.5, 0.6) is 0 Å². The molecule has 4 heteroatoms. The van der Waals surface area contributed by atoms with Crippen LogP contribution in [0.15, 0.2) is 54.7 Å². The first kappa shape index (κ1) is 23.6. The Labute approximate surface area is 199 Å². The lowest BCUT2D eigenvalue weighted by Gasteiger charge is -2.33. The second-order valence-corrected chi connectivity index (χ2v) is 9.64. The monoisotopic (exact) mass is 445 g/mol. The summed E-state index contributed by atoms with van der Waals surface area (Å²) < 4.78 is 2.30. The molecule has 1 aliphatic heterocycles. The van der Waals surface area contributed by atoms with Gasteiger partial charge in [0.25, 0.3) is 0 Å². The number of carbonyl (C=O) groups is 1. The highest BCUT2D eigenvalue weighted by atomic mass is 16.1. The van der Waals surface area contributed by atoms with Gasteiger partial charge in [0, 0.05) is 55.1 Å². The molecule has 0 saturated carbocycles. The molecule has 0 spiro atoms. The Morgan fingerprint density at radius 3 is 2.67 bits per heavy atom. The first-order chi connectivity index (χ1) is 16.1. The van der Waals surface area contributed by atoms with Crippen LogP contribution in [-0.4, -0.2) is 41.1 Å². The first-order valence-electron chi connectivity index (χ1n) is 12.7. The molecule has 2 aromatic carbocycles. The van der Waals surface area contributed by atoms with E-state index in [1.807, 2.05) is 0 Å². The predicted molar refractivity (Wildman–Crippen MR) is 138 cm³/mol. The number of rotatable bonds is 9. The van der Waals surface area contributed by atoms with E-state index in [1.54, 1.807) is 0 Å². The number of nitrogens with zero attached hydrogens (tertiary/aromatic N) is 2. The van der Waals surface area contributed by atoms with Crippen molar-refractivity contribution in [2.45, 2.75) is 71.4 Å². The summed E-state index contributed by atoms with van der Waals surface area (Å²) >= 11 is 0. The van der Waals surface area contributed by atoms with Crippen molar-refractivity contribution in [3.8, 4) is 0 Å². The Morgan fingerprint density at radius 2 is 1.91 bits per heavy atom. The molecule has 33 heavy (non-hydrogen) atoms. The molecule has 2 atom stereocenters. The van der Waals surface area contributed by atoms with Crippen LogP contribution in [0.25, 0.3) is 10.9 Å². The van der Waals surface area contributed by atoms with Crippen LogP contribution in [0.3, 0.4) is 0 Å². The molecule has 1 aromatic heterocycles. The fourth-order valence-corrected chi connectivity index (χ4v) is 5.28. The van der Waals surface area contributed by atoms with Crippen LogP contribution in [0.4, 0.5) is 0 Å². The van der Waals surface area contributed by atoms with Crippen molar-refractivity contribution in [2.75, 3.05) is 19.6 Å². The van der Waals surface area contributed by atoms with Gasteiger partial charge in [-0.2, -0.15) is 0 Å². The molecule has 1 N–H and O–H groups in total. The quantitative estimate of drug-likeness (QED) is 0.418. The van der Waals surface area contributed by atoms with Gasteiger partial charge < -0.3 is 14.8 Å². The van der Waals surface area contributed by atoms with Gasteiger partial charge in [0.15, 0.2) is 0 Å². The predicted octanol–water partition coefficient (Wildman–Crippen LogP) is 5.87. The van der Waals surface area contributed by atoms with Crippen LogP contribution in [0, 0.1) is 6.92 Å². The molecule has 2 heterocycles. The van der Waals surface area contributed by atoms with E-state index in [9.17, 15) is 4.79 Å². The zero-order valence-electron chi connectivity index (χ0n) is 20.5. The van der Waals surface area contributed by atoms with Gasteiger partial charge in [-0.3, -0.25) is 4.79 Å². The number of aromatic nitrogens is 1. The van der Waals surface area contributed by atoms with Gasteiger partial charge in [0.2, 0.25) is 5.91 Å². The number of hydrogen-bond acceptors (Lipinski definition) is 2. The number of nitrogens with one attached hydrogen (secondary N) is 1. The van der Waals surface area contributed by atoms with E-state index in [0.29, 0.717) is 12.5 Å². The Bertz CT molecular complexity index is 1050. The van der Waals surface area contributed by atoms with Crippen molar-refractivity contribution < 1.29 is 4.79 Å². The lowest BCUT2D eigenvalue weighted by Crippen LogP contribution is -2.39. The highest BCUT2D eigenvalue weighted by Crippen LogP contribution is 2.35. The molecule has 1 aliphatic rings. The van der Waals surface area contributed by atoms with Gasteiger partial charge in [-0.25, -0.2) is 0 Å². The Morgan fingerprint density at radius 1 is 1.12 bits per heavy atom. The van der Waals surface area contributed by atoms with Gasteiger partial charge >= 0.3 is 0 Å². The van der Waals surface area contributed by atoms with Gasteiger partial charge in [0.05, 0.1) is 0 Å². The minimum Gasteiger partial charge on any atom is -0.356 e. The Hall–Kier alpha value is -2.59. The summed E-state index contributed by atoms with van der Waals surface area (Å²) in [4.78, 5) is 15.6. The van der Waals surface area contributed by atoms with Crippen molar-refractivity contribution in [2.24, 2.45) is 0 Å². The number of likely N-dealkylation sites (tertiary alicyclic amines) is 1. The normalized spacial score (nSPS) is 17.8. The largest absolute Gasteiger partial charge is 0.356 e. The summed E-state index contributed by atoms with van der Waals surface area (Å²) in [5.74, 6) is 0.186. The van der Waals surface area contributed by atoms with Gasteiger partial charge in [0.1, 0.15) is 0 Å². The number of benzene rings is 2. The van der Waals surface area contributed by atoms with Crippen molar-refractivity contribution in [1.82, 2.24) is 14.8 Å². The smallest absolute Gasteiger partial charge is 0.220 e. The van der Waals surface area contributed by atoms with Crippen LogP contribution < -0.4 is 5.32 Å². The van der Waals surface area contributed by atoms with E-state index in [-0.39, 0.29) is 11.8 Å². The molecule has 0 radical (unpaired) electrons. The molecule has 3 aromatic rings. The third-order valence-electron chi connectivity index (χ3n) is 7.29. The van der Waals surface area contributed by atoms with Crippen molar-refractivity contribution in [1.29, 1.82) is 0 Å². The molecule has 1 fully saturated rings. The fourth-order valence-electron chi connectivity index (χ4n) is 5.28. The average Bonchev–Trinajstić information content (AvgIpc) is 3.21. The summed E-state index contributed by atoms with van der Waals surface area (Å²) in [7, 11) is 0. The maximum absolute atomic E-state index is 13.1. The average molecular weight is 446 g/mol. The molecular formula is C29H39N3O. The second kappa shape index (κ2) is 11.0. The van der Waals surface area contributed by atoms with Crippen molar-refractivity contribution in [3.63, 3.8) is 0 Å². The van der Waals surface area contributed by atoms with E-state index >= 15 is 0 Å². The zero-order valence-corrected chi connectivity index (χ0v) is 20.5. The Kier molecular flexibility index (Phi) is 7.87. The van der Waals surface area contributed by atoms with Crippen LogP contribution in [-0.2, 0) is 11.3 Å². The van der Waals surface area contributed by atoms with E-state index in [1.165, 1.54) is 53.4 Å². The number of amides is 1. The summed E-state index contributed by atoms with van der Waals surface area (Å²) in [6, 6.07) is 17.9. The maximum Gasteiger partial charge on any atom is 0.220 e. The molecular weight excluding hydrogens is 406 g/mol.